The van der Waals surface area contributed by atoms with Gasteiger partial charge in [0.05, 0.1) is 5.56 Å². The van der Waals surface area contributed by atoms with Crippen LogP contribution >= 0.6 is 15.9 Å². The van der Waals surface area contributed by atoms with Gasteiger partial charge in [0, 0.05) is 21.5 Å². The monoisotopic (exact) mass is 384 g/mol. The molecule has 0 bridgehead atoms. The first kappa shape index (κ1) is 16.2. The Morgan fingerprint density at radius 2 is 1.46 bits per heavy atom. The molecule has 0 aliphatic heterocycles. The summed E-state index contributed by atoms with van der Waals surface area (Å²) in [7, 11) is 0. The van der Waals surface area contributed by atoms with Crippen LogP contribution in [0.4, 0.5) is 21.5 Å². The molecule has 3 aromatic carbocycles. The highest BCUT2D eigenvalue weighted by atomic mass is 79.9. The Hall–Kier alpha value is -2.66. The van der Waals surface area contributed by atoms with Crippen LogP contribution in [0, 0.1) is 5.82 Å². The molecule has 0 aliphatic carbocycles. The number of carbonyl (C=O) groups excluding carboxylic acids is 1. The molecule has 3 rings (SSSR count). The summed E-state index contributed by atoms with van der Waals surface area (Å²) in [4.78, 5) is 12.2. The van der Waals surface area contributed by atoms with Gasteiger partial charge in [-0.2, -0.15) is 0 Å². The SMILES string of the molecule is O=C(Nc1ccc(Nc2ccccc2)cc1)c1cc(F)ccc1Br. The summed E-state index contributed by atoms with van der Waals surface area (Å²) in [5.74, 6) is -0.823. The maximum absolute atomic E-state index is 13.3. The Morgan fingerprint density at radius 3 is 2.17 bits per heavy atom. The predicted molar refractivity (Wildman–Crippen MR) is 98.2 cm³/mol. The van der Waals surface area contributed by atoms with Crippen LogP contribution in [0.1, 0.15) is 10.4 Å². The second kappa shape index (κ2) is 7.27. The van der Waals surface area contributed by atoms with Gasteiger partial charge in [-0.15, -0.1) is 0 Å². The van der Waals surface area contributed by atoms with Crippen molar-refractivity contribution in [2.24, 2.45) is 0 Å². The van der Waals surface area contributed by atoms with Crippen LogP contribution in [-0.4, -0.2) is 5.91 Å². The lowest BCUT2D eigenvalue weighted by Gasteiger charge is -2.09. The van der Waals surface area contributed by atoms with Gasteiger partial charge in [0.25, 0.3) is 5.91 Å². The van der Waals surface area contributed by atoms with Gasteiger partial charge in [0.1, 0.15) is 5.82 Å². The molecule has 0 unspecified atom stereocenters. The molecule has 0 radical (unpaired) electrons. The van der Waals surface area contributed by atoms with Gasteiger partial charge in [-0.3, -0.25) is 4.79 Å². The zero-order chi connectivity index (χ0) is 16.9. The number of hydrogen-bond donors (Lipinski definition) is 2. The summed E-state index contributed by atoms with van der Waals surface area (Å²) in [5, 5.41) is 6.02. The lowest BCUT2D eigenvalue weighted by molar-refractivity contribution is 0.102. The van der Waals surface area contributed by atoms with Crippen molar-refractivity contribution in [2.45, 2.75) is 0 Å². The topological polar surface area (TPSA) is 41.1 Å². The van der Waals surface area contributed by atoms with E-state index in [1.165, 1.54) is 18.2 Å². The van der Waals surface area contributed by atoms with E-state index in [1.807, 2.05) is 42.5 Å². The number of anilines is 3. The van der Waals surface area contributed by atoms with Crippen molar-refractivity contribution >= 4 is 38.9 Å². The zero-order valence-electron chi connectivity index (χ0n) is 12.6. The van der Waals surface area contributed by atoms with E-state index in [-0.39, 0.29) is 11.5 Å². The Bertz CT molecular complexity index is 851. The summed E-state index contributed by atoms with van der Waals surface area (Å²) < 4.78 is 13.8. The van der Waals surface area contributed by atoms with Crippen molar-refractivity contribution in [3.8, 4) is 0 Å². The molecule has 120 valence electrons. The number of amides is 1. The molecule has 3 aromatic rings. The van der Waals surface area contributed by atoms with Crippen LogP contribution in [0.5, 0.6) is 0 Å². The second-order valence-corrected chi connectivity index (χ2v) is 6.00. The zero-order valence-corrected chi connectivity index (χ0v) is 14.2. The highest BCUT2D eigenvalue weighted by Gasteiger charge is 2.11. The van der Waals surface area contributed by atoms with Gasteiger partial charge in [0.2, 0.25) is 0 Å². The third kappa shape index (κ3) is 4.00. The van der Waals surface area contributed by atoms with Gasteiger partial charge >= 0.3 is 0 Å². The predicted octanol–water partition coefficient (Wildman–Crippen LogP) is 5.58. The number of nitrogens with one attached hydrogen (secondary N) is 2. The van der Waals surface area contributed by atoms with E-state index in [4.69, 9.17) is 0 Å². The Morgan fingerprint density at radius 1 is 0.833 bits per heavy atom. The molecular formula is C19H14BrFN2O. The van der Waals surface area contributed by atoms with Crippen molar-refractivity contribution in [1.29, 1.82) is 0 Å². The second-order valence-electron chi connectivity index (χ2n) is 5.15. The fourth-order valence-electron chi connectivity index (χ4n) is 2.19. The third-order valence-corrected chi connectivity index (χ3v) is 4.07. The summed E-state index contributed by atoms with van der Waals surface area (Å²) in [6.07, 6.45) is 0. The average molecular weight is 385 g/mol. The van der Waals surface area contributed by atoms with E-state index in [0.29, 0.717) is 10.2 Å². The quantitative estimate of drug-likeness (QED) is 0.615. The maximum atomic E-state index is 13.3. The number of halogens is 2. The summed E-state index contributed by atoms with van der Waals surface area (Å²) in [6, 6.07) is 21.1. The number of hydrogen-bond acceptors (Lipinski definition) is 2. The molecular weight excluding hydrogens is 371 g/mol. The number of carbonyl (C=O) groups is 1. The number of rotatable bonds is 4. The van der Waals surface area contributed by atoms with Gasteiger partial charge in [-0.1, -0.05) is 18.2 Å². The van der Waals surface area contributed by atoms with E-state index < -0.39 is 5.82 Å². The highest BCUT2D eigenvalue weighted by Crippen LogP contribution is 2.21. The smallest absolute Gasteiger partial charge is 0.256 e. The van der Waals surface area contributed by atoms with Crippen molar-refractivity contribution in [3.05, 3.63) is 88.6 Å². The van der Waals surface area contributed by atoms with Gasteiger partial charge in [0.15, 0.2) is 0 Å². The van der Waals surface area contributed by atoms with E-state index in [2.05, 4.69) is 26.6 Å². The first-order valence-corrected chi connectivity index (χ1v) is 8.10. The van der Waals surface area contributed by atoms with Crippen molar-refractivity contribution < 1.29 is 9.18 Å². The highest BCUT2D eigenvalue weighted by molar-refractivity contribution is 9.10. The standard InChI is InChI=1S/C19H14BrFN2O/c20-18-11-6-13(21)12-17(18)19(24)23-16-9-7-15(8-10-16)22-14-4-2-1-3-5-14/h1-12,22H,(H,23,24). The summed E-state index contributed by atoms with van der Waals surface area (Å²) >= 11 is 3.26. The molecule has 3 nitrogen and oxygen atoms in total. The lowest BCUT2D eigenvalue weighted by Crippen LogP contribution is -2.12. The van der Waals surface area contributed by atoms with Gasteiger partial charge in [-0.25, -0.2) is 4.39 Å². The molecule has 24 heavy (non-hydrogen) atoms. The normalized spacial score (nSPS) is 10.2. The Balaban J connectivity index is 1.70. The maximum Gasteiger partial charge on any atom is 0.256 e. The van der Waals surface area contributed by atoms with E-state index >= 15 is 0 Å². The van der Waals surface area contributed by atoms with Crippen LogP contribution in [0.3, 0.4) is 0 Å². The Kier molecular flexibility index (Phi) is 4.91. The molecule has 0 heterocycles. The van der Waals surface area contributed by atoms with Crippen LogP contribution in [0.2, 0.25) is 0 Å². The van der Waals surface area contributed by atoms with E-state index in [9.17, 15) is 9.18 Å². The van der Waals surface area contributed by atoms with Crippen molar-refractivity contribution in [1.82, 2.24) is 0 Å². The van der Waals surface area contributed by atoms with Crippen LogP contribution < -0.4 is 10.6 Å². The molecule has 0 saturated heterocycles. The summed E-state index contributed by atoms with van der Waals surface area (Å²) in [6.45, 7) is 0. The summed E-state index contributed by atoms with van der Waals surface area (Å²) in [5.41, 5.74) is 2.78. The van der Waals surface area contributed by atoms with Gasteiger partial charge < -0.3 is 10.6 Å². The van der Waals surface area contributed by atoms with Crippen LogP contribution in [0.25, 0.3) is 0 Å². The first-order valence-electron chi connectivity index (χ1n) is 7.30. The average Bonchev–Trinajstić information content (AvgIpc) is 2.59. The van der Waals surface area contributed by atoms with E-state index in [0.717, 1.165) is 11.4 Å². The Labute approximate surface area is 147 Å². The minimum atomic E-state index is -0.453. The first-order chi connectivity index (χ1) is 11.6. The van der Waals surface area contributed by atoms with Gasteiger partial charge in [-0.05, 0) is 70.5 Å². The van der Waals surface area contributed by atoms with E-state index in [1.54, 1.807) is 12.1 Å². The fraction of sp³-hybridized carbons (Fsp3) is 0. The number of para-hydroxylation sites is 1. The minimum absolute atomic E-state index is 0.251. The molecule has 0 fully saturated rings. The van der Waals surface area contributed by atoms with Crippen molar-refractivity contribution in [3.63, 3.8) is 0 Å². The number of benzene rings is 3. The molecule has 0 spiro atoms. The fourth-order valence-corrected chi connectivity index (χ4v) is 2.62. The van der Waals surface area contributed by atoms with Crippen LogP contribution in [0.15, 0.2) is 77.3 Å². The molecule has 0 saturated carbocycles. The largest absolute Gasteiger partial charge is 0.356 e. The van der Waals surface area contributed by atoms with Crippen LogP contribution in [-0.2, 0) is 0 Å². The molecule has 0 aromatic heterocycles. The lowest BCUT2D eigenvalue weighted by atomic mass is 10.2. The molecule has 1 amide bonds. The molecule has 2 N–H and O–H groups in total. The van der Waals surface area contributed by atoms with Crippen molar-refractivity contribution in [2.75, 3.05) is 10.6 Å². The third-order valence-electron chi connectivity index (χ3n) is 3.38. The molecule has 0 atom stereocenters. The minimum Gasteiger partial charge on any atom is -0.356 e. The molecule has 0 aliphatic rings. The molecule has 5 heteroatoms.